The lowest BCUT2D eigenvalue weighted by Crippen LogP contribution is -2.23. The van der Waals surface area contributed by atoms with Crippen LogP contribution in [0.1, 0.15) is 21.6 Å². The van der Waals surface area contributed by atoms with Crippen molar-refractivity contribution in [1.29, 1.82) is 0 Å². The number of rotatable bonds is 3. The minimum Gasteiger partial charge on any atom is -0.508 e. The molecule has 19 heavy (non-hydrogen) atoms. The van der Waals surface area contributed by atoms with E-state index in [4.69, 9.17) is 16.7 Å². The Morgan fingerprint density at radius 3 is 2.68 bits per heavy atom. The summed E-state index contributed by atoms with van der Waals surface area (Å²) >= 11 is 5.99. The number of pyridine rings is 1. The van der Waals surface area contributed by atoms with E-state index in [1.165, 1.54) is 6.20 Å². The van der Waals surface area contributed by atoms with Crippen LogP contribution in [0.2, 0.25) is 5.02 Å². The van der Waals surface area contributed by atoms with Crippen LogP contribution in [-0.4, -0.2) is 16.0 Å². The number of aromatic hydroxyl groups is 1. The quantitative estimate of drug-likeness (QED) is 0.906. The molecule has 1 aromatic heterocycles. The van der Waals surface area contributed by atoms with E-state index in [0.29, 0.717) is 17.1 Å². The zero-order chi connectivity index (χ0) is 13.8. The normalized spacial score (nSPS) is 10.2. The summed E-state index contributed by atoms with van der Waals surface area (Å²) in [6, 6.07) is 8.27. The van der Waals surface area contributed by atoms with Gasteiger partial charge in [0.25, 0.3) is 5.91 Å². The largest absolute Gasteiger partial charge is 0.508 e. The first kappa shape index (κ1) is 13.4. The Hall–Kier alpha value is -2.07. The molecule has 0 saturated carbocycles. The van der Waals surface area contributed by atoms with Crippen molar-refractivity contribution in [3.63, 3.8) is 0 Å². The van der Waals surface area contributed by atoms with Crippen molar-refractivity contribution in [2.45, 2.75) is 13.5 Å². The summed E-state index contributed by atoms with van der Waals surface area (Å²) in [6.07, 6.45) is 1.46. The number of carbonyl (C=O) groups excluding carboxylic acids is 1. The summed E-state index contributed by atoms with van der Waals surface area (Å²) in [6.45, 7) is 2.17. The van der Waals surface area contributed by atoms with Crippen molar-refractivity contribution in [2.75, 3.05) is 0 Å². The molecule has 2 aromatic rings. The first-order valence-corrected chi connectivity index (χ1v) is 6.12. The number of phenols is 1. The van der Waals surface area contributed by atoms with Crippen LogP contribution >= 0.6 is 11.6 Å². The van der Waals surface area contributed by atoms with Gasteiger partial charge in [-0.15, -0.1) is 0 Å². The molecule has 0 radical (unpaired) electrons. The van der Waals surface area contributed by atoms with Gasteiger partial charge in [-0.25, -0.2) is 0 Å². The van der Waals surface area contributed by atoms with E-state index in [0.717, 1.165) is 11.3 Å². The highest BCUT2D eigenvalue weighted by atomic mass is 35.5. The summed E-state index contributed by atoms with van der Waals surface area (Å²) in [5.74, 6) is -0.0774. The molecule has 1 aromatic carbocycles. The molecule has 4 nitrogen and oxygen atoms in total. The van der Waals surface area contributed by atoms with Gasteiger partial charge in [0.15, 0.2) is 0 Å². The second kappa shape index (κ2) is 5.71. The number of amides is 1. The van der Waals surface area contributed by atoms with E-state index < -0.39 is 0 Å². The van der Waals surface area contributed by atoms with Gasteiger partial charge in [-0.1, -0.05) is 23.7 Å². The molecule has 0 unspecified atom stereocenters. The van der Waals surface area contributed by atoms with Gasteiger partial charge in [0.2, 0.25) is 0 Å². The van der Waals surface area contributed by atoms with Gasteiger partial charge >= 0.3 is 0 Å². The van der Waals surface area contributed by atoms with Crippen LogP contribution in [0.15, 0.2) is 36.5 Å². The lowest BCUT2D eigenvalue weighted by Gasteiger charge is -2.07. The highest BCUT2D eigenvalue weighted by Gasteiger charge is 2.10. The molecule has 1 heterocycles. The second-order valence-electron chi connectivity index (χ2n) is 4.15. The molecule has 0 aliphatic carbocycles. The molecular formula is C14H13ClN2O2. The van der Waals surface area contributed by atoms with E-state index in [1.807, 2.05) is 6.92 Å². The molecule has 0 saturated heterocycles. The predicted molar refractivity (Wildman–Crippen MR) is 73.3 cm³/mol. The predicted octanol–water partition coefficient (Wildman–Crippen LogP) is 2.68. The number of aromatic nitrogens is 1. The van der Waals surface area contributed by atoms with E-state index in [9.17, 15) is 4.79 Å². The van der Waals surface area contributed by atoms with Crippen LogP contribution in [0.3, 0.4) is 0 Å². The Morgan fingerprint density at radius 2 is 2.05 bits per heavy atom. The van der Waals surface area contributed by atoms with Gasteiger partial charge in [-0.2, -0.15) is 0 Å². The van der Waals surface area contributed by atoms with Gasteiger partial charge in [-0.3, -0.25) is 9.78 Å². The maximum absolute atomic E-state index is 11.9. The van der Waals surface area contributed by atoms with Crippen molar-refractivity contribution < 1.29 is 9.90 Å². The van der Waals surface area contributed by atoms with Crippen LogP contribution in [0.4, 0.5) is 0 Å². The van der Waals surface area contributed by atoms with Gasteiger partial charge in [0.1, 0.15) is 5.75 Å². The molecule has 0 bridgehead atoms. The number of carbonyl (C=O) groups is 1. The molecule has 2 N–H and O–H groups in total. The molecule has 5 heteroatoms. The number of aryl methyl sites for hydroxylation is 1. The smallest absolute Gasteiger partial charge is 0.254 e. The van der Waals surface area contributed by atoms with Crippen molar-refractivity contribution in [3.05, 3.63) is 58.4 Å². The number of nitrogens with zero attached hydrogens (tertiary/aromatic N) is 1. The minimum atomic E-state index is -0.273. The van der Waals surface area contributed by atoms with Crippen LogP contribution < -0.4 is 5.32 Å². The SMILES string of the molecule is Cc1cc(Cl)c(C(=O)NCc2ccc(O)cc2)cn1. The molecule has 2 rings (SSSR count). The maximum Gasteiger partial charge on any atom is 0.254 e. The highest BCUT2D eigenvalue weighted by Crippen LogP contribution is 2.16. The third kappa shape index (κ3) is 3.45. The van der Waals surface area contributed by atoms with Crippen molar-refractivity contribution in [1.82, 2.24) is 10.3 Å². The number of hydrogen-bond donors (Lipinski definition) is 2. The summed E-state index contributed by atoms with van der Waals surface area (Å²) in [5.41, 5.74) is 2.01. The Labute approximate surface area is 116 Å². The summed E-state index contributed by atoms with van der Waals surface area (Å²) < 4.78 is 0. The number of phenolic OH excluding ortho intramolecular Hbond substituents is 1. The third-order valence-electron chi connectivity index (χ3n) is 2.62. The first-order chi connectivity index (χ1) is 9.06. The highest BCUT2D eigenvalue weighted by molar-refractivity contribution is 6.33. The topological polar surface area (TPSA) is 62.2 Å². The van der Waals surface area contributed by atoms with Gasteiger partial charge in [0, 0.05) is 18.4 Å². The number of benzene rings is 1. The Morgan fingerprint density at radius 1 is 1.37 bits per heavy atom. The van der Waals surface area contributed by atoms with Crippen LogP contribution in [0, 0.1) is 6.92 Å². The average molecular weight is 277 g/mol. The Balaban J connectivity index is 2.03. The van der Waals surface area contributed by atoms with Gasteiger partial charge < -0.3 is 10.4 Å². The Bertz CT molecular complexity index is 597. The molecule has 98 valence electrons. The molecule has 0 atom stereocenters. The van der Waals surface area contributed by atoms with Crippen molar-refractivity contribution >= 4 is 17.5 Å². The molecule has 1 amide bonds. The average Bonchev–Trinajstić information content (AvgIpc) is 2.37. The van der Waals surface area contributed by atoms with E-state index in [2.05, 4.69) is 10.3 Å². The van der Waals surface area contributed by atoms with Crippen molar-refractivity contribution in [3.8, 4) is 5.75 Å². The van der Waals surface area contributed by atoms with Gasteiger partial charge in [-0.05, 0) is 30.7 Å². The second-order valence-corrected chi connectivity index (χ2v) is 4.56. The fraction of sp³-hybridized carbons (Fsp3) is 0.143. The first-order valence-electron chi connectivity index (χ1n) is 5.74. The zero-order valence-electron chi connectivity index (χ0n) is 10.4. The van der Waals surface area contributed by atoms with Crippen LogP contribution in [0.5, 0.6) is 5.75 Å². The fourth-order valence-electron chi connectivity index (χ4n) is 1.58. The summed E-state index contributed by atoms with van der Waals surface area (Å²) in [5, 5.41) is 12.3. The molecule has 0 spiro atoms. The Kier molecular flexibility index (Phi) is 4.02. The number of halogens is 1. The van der Waals surface area contributed by atoms with Crippen molar-refractivity contribution in [2.24, 2.45) is 0 Å². The summed E-state index contributed by atoms with van der Waals surface area (Å²) in [4.78, 5) is 16.0. The molecule has 0 fully saturated rings. The number of hydrogen-bond acceptors (Lipinski definition) is 3. The van der Waals surface area contributed by atoms with Crippen LogP contribution in [0.25, 0.3) is 0 Å². The minimum absolute atomic E-state index is 0.195. The lowest BCUT2D eigenvalue weighted by molar-refractivity contribution is 0.0950. The van der Waals surface area contributed by atoms with Crippen LogP contribution in [-0.2, 0) is 6.54 Å². The maximum atomic E-state index is 11.9. The lowest BCUT2D eigenvalue weighted by atomic mass is 10.2. The molecular weight excluding hydrogens is 264 g/mol. The van der Waals surface area contributed by atoms with E-state index in [-0.39, 0.29) is 11.7 Å². The third-order valence-corrected chi connectivity index (χ3v) is 2.94. The fourth-order valence-corrected chi connectivity index (χ4v) is 1.88. The molecule has 0 aliphatic heterocycles. The van der Waals surface area contributed by atoms with E-state index in [1.54, 1.807) is 30.3 Å². The standard InChI is InChI=1S/C14H13ClN2O2/c1-9-6-13(15)12(8-16-9)14(19)17-7-10-2-4-11(18)5-3-10/h2-6,8,18H,7H2,1H3,(H,17,19). The summed E-state index contributed by atoms with van der Waals surface area (Å²) in [7, 11) is 0. The number of nitrogens with one attached hydrogen (secondary N) is 1. The van der Waals surface area contributed by atoms with Gasteiger partial charge in [0.05, 0.1) is 10.6 Å². The van der Waals surface area contributed by atoms with E-state index >= 15 is 0 Å². The zero-order valence-corrected chi connectivity index (χ0v) is 11.1. The monoisotopic (exact) mass is 276 g/mol. The molecule has 0 aliphatic rings.